The maximum Gasteiger partial charge on any atom is 0.0159 e. The van der Waals surface area contributed by atoms with Crippen molar-refractivity contribution >= 4 is 53.9 Å². The lowest BCUT2D eigenvalue weighted by Gasteiger charge is -2.23. The zero-order chi connectivity index (χ0) is 31.3. The smallest absolute Gasteiger partial charge is 0.0159 e. The molecule has 1 aliphatic rings. The van der Waals surface area contributed by atoms with E-state index in [-0.39, 0.29) is 5.41 Å². The number of hydrogen-bond donors (Lipinski definition) is 0. The molecule has 47 heavy (non-hydrogen) atoms. The summed E-state index contributed by atoms with van der Waals surface area (Å²) in [5, 5.41) is 13.1. The largest absolute Gasteiger partial charge is 0.0616 e. The van der Waals surface area contributed by atoms with Crippen LogP contribution in [0.15, 0.2) is 158 Å². The van der Waals surface area contributed by atoms with E-state index in [1.54, 1.807) is 0 Å². The minimum Gasteiger partial charge on any atom is -0.0616 e. The molecule has 0 atom stereocenters. The summed E-state index contributed by atoms with van der Waals surface area (Å²) in [6.07, 6.45) is 0. The molecular weight excluding hydrogens is 565 g/mol. The fourth-order valence-corrected chi connectivity index (χ4v) is 8.49. The van der Waals surface area contributed by atoms with Crippen molar-refractivity contribution in [2.24, 2.45) is 0 Å². The molecule has 0 unspecified atom stereocenters. The molecule has 0 fully saturated rings. The van der Waals surface area contributed by atoms with E-state index in [1.807, 2.05) is 0 Å². The highest BCUT2D eigenvalue weighted by atomic mass is 14.4. The SMILES string of the molecule is CC1(C)c2cc(-c3cccc(-c4c5ccccc5cc5ccccc45)c3)ccc2-c2cc3c4ccccc4c4ccccc4c3cc21. The summed E-state index contributed by atoms with van der Waals surface area (Å²) in [5.74, 6) is 0. The van der Waals surface area contributed by atoms with Gasteiger partial charge in [0, 0.05) is 5.41 Å². The van der Waals surface area contributed by atoms with Crippen LogP contribution >= 0.6 is 0 Å². The zero-order valence-corrected chi connectivity index (χ0v) is 26.5. The molecule has 0 aromatic heterocycles. The molecule has 0 bridgehead atoms. The van der Waals surface area contributed by atoms with Gasteiger partial charge in [-0.3, -0.25) is 0 Å². The average Bonchev–Trinajstić information content (AvgIpc) is 3.34. The van der Waals surface area contributed by atoms with Gasteiger partial charge in [-0.15, -0.1) is 0 Å². The summed E-state index contributed by atoms with van der Waals surface area (Å²) >= 11 is 0. The molecule has 0 aliphatic heterocycles. The Labute approximate surface area is 274 Å². The van der Waals surface area contributed by atoms with Gasteiger partial charge in [-0.05, 0) is 129 Å². The summed E-state index contributed by atoms with van der Waals surface area (Å²) in [5.41, 5.74) is 10.5. The van der Waals surface area contributed by atoms with Crippen molar-refractivity contribution in [1.82, 2.24) is 0 Å². The molecule has 0 heteroatoms. The summed E-state index contributed by atoms with van der Waals surface area (Å²) in [4.78, 5) is 0. The van der Waals surface area contributed by atoms with E-state index < -0.39 is 0 Å². The van der Waals surface area contributed by atoms with E-state index >= 15 is 0 Å². The molecule has 0 N–H and O–H groups in total. The Morgan fingerprint density at radius 2 is 0.809 bits per heavy atom. The topological polar surface area (TPSA) is 0 Å². The molecule has 0 heterocycles. The third-order valence-corrected chi connectivity index (χ3v) is 10.8. The molecule has 0 amide bonds. The van der Waals surface area contributed by atoms with Crippen molar-refractivity contribution in [1.29, 1.82) is 0 Å². The van der Waals surface area contributed by atoms with E-state index in [0.29, 0.717) is 0 Å². The molecule has 9 aromatic rings. The van der Waals surface area contributed by atoms with Gasteiger partial charge in [0.1, 0.15) is 0 Å². The maximum atomic E-state index is 2.49. The van der Waals surface area contributed by atoms with Gasteiger partial charge in [-0.1, -0.05) is 141 Å². The second-order valence-electron chi connectivity index (χ2n) is 13.7. The Hall–Kier alpha value is -5.72. The van der Waals surface area contributed by atoms with Crippen LogP contribution < -0.4 is 0 Å². The molecule has 9 aromatic carbocycles. The van der Waals surface area contributed by atoms with Gasteiger partial charge in [0.05, 0.1) is 0 Å². The molecule has 220 valence electrons. The summed E-state index contributed by atoms with van der Waals surface area (Å²) in [7, 11) is 0. The van der Waals surface area contributed by atoms with Crippen molar-refractivity contribution in [3.8, 4) is 33.4 Å². The van der Waals surface area contributed by atoms with Gasteiger partial charge in [0.2, 0.25) is 0 Å². The Balaban J connectivity index is 1.16. The van der Waals surface area contributed by atoms with Gasteiger partial charge < -0.3 is 0 Å². The quantitative estimate of drug-likeness (QED) is 0.138. The minimum atomic E-state index is -0.120. The second kappa shape index (κ2) is 9.64. The normalized spacial score (nSPS) is 13.5. The summed E-state index contributed by atoms with van der Waals surface area (Å²) in [6, 6.07) is 58.9. The summed E-state index contributed by atoms with van der Waals surface area (Å²) < 4.78 is 0. The van der Waals surface area contributed by atoms with Crippen LogP contribution in [-0.4, -0.2) is 0 Å². The van der Waals surface area contributed by atoms with Gasteiger partial charge in [-0.25, -0.2) is 0 Å². The van der Waals surface area contributed by atoms with E-state index in [0.717, 1.165) is 0 Å². The van der Waals surface area contributed by atoms with E-state index in [9.17, 15) is 0 Å². The molecule has 0 saturated carbocycles. The third kappa shape index (κ3) is 3.76. The molecule has 10 rings (SSSR count). The summed E-state index contributed by atoms with van der Waals surface area (Å²) in [6.45, 7) is 4.80. The molecule has 0 nitrogen and oxygen atoms in total. The second-order valence-corrected chi connectivity index (χ2v) is 13.7. The van der Waals surface area contributed by atoms with Crippen molar-refractivity contribution < 1.29 is 0 Å². The predicted octanol–water partition coefficient (Wildman–Crippen LogP) is 13.1. The van der Waals surface area contributed by atoms with Crippen molar-refractivity contribution in [2.45, 2.75) is 19.3 Å². The van der Waals surface area contributed by atoms with Crippen LogP contribution in [-0.2, 0) is 5.41 Å². The van der Waals surface area contributed by atoms with E-state index in [2.05, 4.69) is 172 Å². The molecule has 0 spiro atoms. The first-order valence-corrected chi connectivity index (χ1v) is 16.6. The van der Waals surface area contributed by atoms with Gasteiger partial charge in [0.15, 0.2) is 0 Å². The highest BCUT2D eigenvalue weighted by Gasteiger charge is 2.36. The molecule has 1 aliphatic carbocycles. The van der Waals surface area contributed by atoms with Crippen LogP contribution in [0.4, 0.5) is 0 Å². The van der Waals surface area contributed by atoms with Crippen LogP contribution in [0.1, 0.15) is 25.0 Å². The van der Waals surface area contributed by atoms with Gasteiger partial charge >= 0.3 is 0 Å². The first-order chi connectivity index (χ1) is 23.1. The Kier molecular flexibility index (Phi) is 5.44. The minimum absolute atomic E-state index is 0.120. The standard InChI is InChI=1S/C47H32/c1-47(2)44-26-30(29-14-11-15-33(24-29)46-34-16-5-3-12-31(34)25-32-13-4-6-17-35(32)46)22-23-40(44)43-27-41-38-20-9-7-18-36(38)37-19-8-10-21-39(37)42(41)28-45(43)47/h3-28H,1-2H3. The van der Waals surface area contributed by atoms with Crippen LogP contribution in [0.3, 0.4) is 0 Å². The number of hydrogen-bond acceptors (Lipinski definition) is 0. The molecular formula is C47H32. The van der Waals surface area contributed by atoms with Crippen LogP contribution in [0.5, 0.6) is 0 Å². The van der Waals surface area contributed by atoms with Crippen LogP contribution in [0, 0.1) is 0 Å². The average molecular weight is 597 g/mol. The van der Waals surface area contributed by atoms with Gasteiger partial charge in [-0.2, -0.15) is 0 Å². The Morgan fingerprint density at radius 1 is 0.319 bits per heavy atom. The first kappa shape index (κ1) is 26.5. The monoisotopic (exact) mass is 596 g/mol. The molecule has 0 saturated heterocycles. The van der Waals surface area contributed by atoms with E-state index in [4.69, 9.17) is 0 Å². The number of benzene rings is 9. The fraction of sp³-hybridized carbons (Fsp3) is 0.0638. The lowest BCUT2D eigenvalue weighted by Crippen LogP contribution is -2.15. The van der Waals surface area contributed by atoms with Crippen LogP contribution in [0.2, 0.25) is 0 Å². The van der Waals surface area contributed by atoms with Crippen LogP contribution in [0.25, 0.3) is 87.2 Å². The first-order valence-electron chi connectivity index (χ1n) is 16.6. The Bertz CT molecular complexity index is 2700. The zero-order valence-electron chi connectivity index (χ0n) is 26.5. The van der Waals surface area contributed by atoms with Crippen molar-refractivity contribution in [3.63, 3.8) is 0 Å². The van der Waals surface area contributed by atoms with Crippen molar-refractivity contribution in [3.05, 3.63) is 169 Å². The highest BCUT2D eigenvalue weighted by Crippen LogP contribution is 2.52. The highest BCUT2D eigenvalue weighted by molar-refractivity contribution is 6.26. The Morgan fingerprint density at radius 3 is 1.45 bits per heavy atom. The lowest BCUT2D eigenvalue weighted by atomic mass is 9.80. The maximum absolute atomic E-state index is 2.49. The fourth-order valence-electron chi connectivity index (χ4n) is 8.49. The number of fused-ring (bicyclic) bond motifs is 11. The number of rotatable bonds is 2. The van der Waals surface area contributed by atoms with Crippen molar-refractivity contribution in [2.75, 3.05) is 0 Å². The van der Waals surface area contributed by atoms with E-state index in [1.165, 1.54) is 98.4 Å². The lowest BCUT2D eigenvalue weighted by molar-refractivity contribution is 0.661. The third-order valence-electron chi connectivity index (χ3n) is 10.8. The molecule has 0 radical (unpaired) electrons. The van der Waals surface area contributed by atoms with Gasteiger partial charge in [0.25, 0.3) is 0 Å². The predicted molar refractivity (Wildman–Crippen MR) is 202 cm³/mol.